The minimum atomic E-state index is -5.11. The van der Waals surface area contributed by atoms with Crippen molar-refractivity contribution >= 4 is 0 Å². The minimum absolute atomic E-state index is 0.00169. The lowest BCUT2D eigenvalue weighted by atomic mass is 9.63. The molecule has 0 aliphatic heterocycles. The maximum Gasteiger partial charge on any atom is 0.573 e. The number of ether oxygens (including phenoxy) is 1. The van der Waals surface area contributed by atoms with E-state index in [4.69, 9.17) is 0 Å². The molecule has 3 rings (SSSR count). The van der Waals surface area contributed by atoms with E-state index in [0.717, 1.165) is 43.7 Å². The normalized spacial score (nSPS) is 28.1. The van der Waals surface area contributed by atoms with Crippen LogP contribution in [0.2, 0.25) is 0 Å². The van der Waals surface area contributed by atoms with Gasteiger partial charge in [0.15, 0.2) is 11.6 Å². The first-order chi connectivity index (χ1) is 13.3. The summed E-state index contributed by atoms with van der Waals surface area (Å²) < 4.78 is 68.6. The molecule has 0 spiro atoms. The van der Waals surface area contributed by atoms with Crippen molar-refractivity contribution in [3.63, 3.8) is 0 Å². The van der Waals surface area contributed by atoms with E-state index < -0.39 is 23.7 Å². The van der Waals surface area contributed by atoms with E-state index in [2.05, 4.69) is 11.7 Å². The van der Waals surface area contributed by atoms with Crippen LogP contribution in [-0.2, 0) is 0 Å². The standard InChI is InChI=1S/C22H29F5O/c1-2-3-4-5-14-6-7-16-11-17(9-8-15(16)10-14)18-12-19(23)21(20(24)13-18)28-22(25,26)27/h12-17H,2-11H2,1H3. The topological polar surface area (TPSA) is 9.23 Å². The third-order valence-corrected chi connectivity index (χ3v) is 6.65. The molecule has 4 unspecified atom stereocenters. The molecule has 0 aromatic heterocycles. The molecule has 2 aliphatic carbocycles. The molecule has 0 bridgehead atoms. The number of unbranched alkanes of at least 4 members (excludes halogenated alkanes) is 2. The van der Waals surface area contributed by atoms with E-state index in [1.807, 2.05) is 0 Å². The molecule has 4 atom stereocenters. The maximum atomic E-state index is 14.1. The Morgan fingerprint density at radius 2 is 1.57 bits per heavy atom. The summed E-state index contributed by atoms with van der Waals surface area (Å²) in [6, 6.07) is 2.04. The largest absolute Gasteiger partial charge is 0.573 e. The summed E-state index contributed by atoms with van der Waals surface area (Å²) in [6.45, 7) is 2.21. The van der Waals surface area contributed by atoms with Crippen LogP contribution in [0.25, 0.3) is 0 Å². The van der Waals surface area contributed by atoms with Crippen LogP contribution < -0.4 is 4.74 Å². The van der Waals surface area contributed by atoms with Crippen molar-refractivity contribution in [2.24, 2.45) is 17.8 Å². The number of alkyl halides is 3. The Bertz CT molecular complexity index is 634. The molecule has 158 valence electrons. The number of halogens is 5. The van der Waals surface area contributed by atoms with Gasteiger partial charge in [-0.15, -0.1) is 13.2 Å². The summed E-state index contributed by atoms with van der Waals surface area (Å²) in [6.07, 6.45) is 6.37. The fourth-order valence-electron chi connectivity index (χ4n) is 5.26. The number of fused-ring (bicyclic) bond motifs is 1. The molecule has 1 aromatic rings. The molecule has 28 heavy (non-hydrogen) atoms. The van der Waals surface area contributed by atoms with E-state index in [-0.39, 0.29) is 5.92 Å². The van der Waals surface area contributed by atoms with Gasteiger partial charge in [-0.1, -0.05) is 39.0 Å². The predicted molar refractivity (Wildman–Crippen MR) is 98.1 cm³/mol. The van der Waals surface area contributed by atoms with Crippen LogP contribution in [0.1, 0.15) is 82.6 Å². The van der Waals surface area contributed by atoms with Gasteiger partial charge >= 0.3 is 6.36 Å². The SMILES string of the molecule is CCCCCC1CCC2CC(c3cc(F)c(OC(F)(F)F)c(F)c3)CCC2C1. The second-order valence-electron chi connectivity index (χ2n) is 8.57. The zero-order valence-electron chi connectivity index (χ0n) is 16.3. The summed E-state index contributed by atoms with van der Waals surface area (Å²) in [5.74, 6) is -1.89. The Labute approximate surface area is 163 Å². The maximum absolute atomic E-state index is 14.1. The van der Waals surface area contributed by atoms with Gasteiger partial charge < -0.3 is 4.74 Å². The lowest BCUT2D eigenvalue weighted by Gasteiger charge is -2.42. The van der Waals surface area contributed by atoms with Gasteiger partial charge in [0.05, 0.1) is 0 Å². The first kappa shape index (κ1) is 21.4. The van der Waals surface area contributed by atoms with E-state index >= 15 is 0 Å². The second kappa shape index (κ2) is 9.00. The van der Waals surface area contributed by atoms with E-state index in [9.17, 15) is 22.0 Å². The van der Waals surface area contributed by atoms with Crippen molar-refractivity contribution in [2.45, 2.75) is 83.4 Å². The Morgan fingerprint density at radius 1 is 0.929 bits per heavy atom. The fourth-order valence-corrected chi connectivity index (χ4v) is 5.26. The average Bonchev–Trinajstić information content (AvgIpc) is 2.63. The number of rotatable bonds is 6. The van der Waals surface area contributed by atoms with Crippen LogP contribution in [0, 0.1) is 29.4 Å². The van der Waals surface area contributed by atoms with Crippen LogP contribution in [0.5, 0.6) is 5.75 Å². The second-order valence-corrected chi connectivity index (χ2v) is 8.57. The average molecular weight is 404 g/mol. The zero-order chi connectivity index (χ0) is 20.3. The molecule has 0 heterocycles. The first-order valence-corrected chi connectivity index (χ1v) is 10.5. The van der Waals surface area contributed by atoms with Crippen molar-refractivity contribution in [1.82, 2.24) is 0 Å². The minimum Gasteiger partial charge on any atom is -0.399 e. The lowest BCUT2D eigenvalue weighted by Crippen LogP contribution is -2.30. The molecule has 2 aliphatic rings. The highest BCUT2D eigenvalue weighted by atomic mass is 19.4. The Balaban J connectivity index is 1.62. The van der Waals surface area contributed by atoms with Gasteiger partial charge in [0.1, 0.15) is 0 Å². The first-order valence-electron chi connectivity index (χ1n) is 10.5. The molecule has 6 heteroatoms. The van der Waals surface area contributed by atoms with Gasteiger partial charge in [0, 0.05) is 0 Å². The summed E-state index contributed by atoms with van der Waals surface area (Å²) >= 11 is 0. The molecule has 2 saturated carbocycles. The van der Waals surface area contributed by atoms with Crippen LogP contribution >= 0.6 is 0 Å². The van der Waals surface area contributed by atoms with Crippen molar-refractivity contribution in [3.8, 4) is 5.75 Å². The number of benzene rings is 1. The molecule has 0 saturated heterocycles. The quantitative estimate of drug-likeness (QED) is 0.348. The van der Waals surface area contributed by atoms with Crippen molar-refractivity contribution in [2.75, 3.05) is 0 Å². The Hall–Kier alpha value is -1.33. The van der Waals surface area contributed by atoms with E-state index in [1.165, 1.54) is 38.5 Å². The molecule has 0 radical (unpaired) electrons. The van der Waals surface area contributed by atoms with Gasteiger partial charge in [-0.3, -0.25) is 0 Å². The number of hydrogen-bond donors (Lipinski definition) is 0. The van der Waals surface area contributed by atoms with Gasteiger partial charge in [-0.2, -0.15) is 0 Å². The van der Waals surface area contributed by atoms with Gasteiger partial charge in [-0.05, 0) is 73.5 Å². The molecular formula is C22H29F5O. The number of hydrogen-bond acceptors (Lipinski definition) is 1. The monoisotopic (exact) mass is 404 g/mol. The van der Waals surface area contributed by atoms with E-state index in [0.29, 0.717) is 17.4 Å². The van der Waals surface area contributed by atoms with Gasteiger partial charge in [0.2, 0.25) is 5.75 Å². The summed E-state index contributed by atoms with van der Waals surface area (Å²) in [5.41, 5.74) is 0.452. The Morgan fingerprint density at radius 3 is 2.21 bits per heavy atom. The third-order valence-electron chi connectivity index (χ3n) is 6.65. The van der Waals surface area contributed by atoms with Crippen LogP contribution in [0.3, 0.4) is 0 Å². The van der Waals surface area contributed by atoms with Crippen molar-refractivity contribution < 1.29 is 26.7 Å². The summed E-state index contributed by atoms with van der Waals surface area (Å²) in [5, 5.41) is 0. The fraction of sp³-hybridized carbons (Fsp3) is 0.727. The van der Waals surface area contributed by atoms with Gasteiger partial charge in [-0.25, -0.2) is 8.78 Å². The van der Waals surface area contributed by atoms with Crippen LogP contribution in [0.15, 0.2) is 12.1 Å². The van der Waals surface area contributed by atoms with Crippen molar-refractivity contribution in [1.29, 1.82) is 0 Å². The van der Waals surface area contributed by atoms with Gasteiger partial charge in [0.25, 0.3) is 0 Å². The molecule has 2 fully saturated rings. The summed E-state index contributed by atoms with van der Waals surface area (Å²) in [4.78, 5) is 0. The molecule has 0 N–H and O–H groups in total. The highest BCUT2D eigenvalue weighted by Crippen LogP contribution is 2.49. The summed E-state index contributed by atoms with van der Waals surface area (Å²) in [7, 11) is 0. The predicted octanol–water partition coefficient (Wildman–Crippen LogP) is 7.74. The Kier molecular flexibility index (Phi) is 6.87. The molecular weight excluding hydrogens is 375 g/mol. The molecule has 1 aromatic carbocycles. The van der Waals surface area contributed by atoms with Crippen LogP contribution in [-0.4, -0.2) is 6.36 Å². The smallest absolute Gasteiger partial charge is 0.399 e. The lowest BCUT2D eigenvalue weighted by molar-refractivity contribution is -0.276. The highest BCUT2D eigenvalue weighted by Gasteiger charge is 2.37. The van der Waals surface area contributed by atoms with Crippen molar-refractivity contribution in [3.05, 3.63) is 29.3 Å². The van der Waals surface area contributed by atoms with E-state index in [1.54, 1.807) is 0 Å². The molecule has 1 nitrogen and oxygen atoms in total. The molecule has 0 amide bonds. The zero-order valence-corrected chi connectivity index (χ0v) is 16.3. The third kappa shape index (κ3) is 5.38. The van der Waals surface area contributed by atoms with Crippen LogP contribution in [0.4, 0.5) is 22.0 Å². The highest BCUT2D eigenvalue weighted by molar-refractivity contribution is 5.33.